The van der Waals surface area contributed by atoms with Crippen LogP contribution in [0.5, 0.6) is 5.75 Å². The predicted octanol–water partition coefficient (Wildman–Crippen LogP) is 0.249. The zero-order valence-electron chi connectivity index (χ0n) is 18.9. The molecule has 1 aromatic rings. The van der Waals surface area contributed by atoms with Crippen molar-refractivity contribution in [3.05, 3.63) is 29.8 Å². The van der Waals surface area contributed by atoms with Crippen molar-refractivity contribution in [1.29, 1.82) is 0 Å². The molecular weight excluding hydrogens is 416 g/mol. The minimum atomic E-state index is -0.983. The van der Waals surface area contributed by atoms with Crippen LogP contribution in [0.2, 0.25) is 0 Å². The molecule has 0 spiro atoms. The van der Waals surface area contributed by atoms with Gasteiger partial charge >= 0.3 is 5.97 Å². The van der Waals surface area contributed by atoms with Crippen molar-refractivity contribution in [3.8, 4) is 5.75 Å². The first-order valence-corrected chi connectivity index (χ1v) is 10.6. The number of hydrazine groups is 1. The van der Waals surface area contributed by atoms with Crippen molar-refractivity contribution in [2.45, 2.75) is 58.2 Å². The fourth-order valence-corrected chi connectivity index (χ4v) is 3.58. The van der Waals surface area contributed by atoms with Crippen LogP contribution in [0.15, 0.2) is 24.3 Å². The van der Waals surface area contributed by atoms with Gasteiger partial charge in [0.1, 0.15) is 23.9 Å². The van der Waals surface area contributed by atoms with Gasteiger partial charge in [-0.05, 0) is 36.5 Å². The smallest absolute Gasteiger partial charge is 0.324 e. The summed E-state index contributed by atoms with van der Waals surface area (Å²) < 4.78 is 4.77. The number of hydrogen-bond donors (Lipinski definition) is 4. The van der Waals surface area contributed by atoms with E-state index in [4.69, 9.17) is 4.74 Å². The van der Waals surface area contributed by atoms with E-state index in [2.05, 4.69) is 16.1 Å². The first kappa shape index (κ1) is 25.1. The van der Waals surface area contributed by atoms with Gasteiger partial charge in [-0.15, -0.1) is 0 Å². The van der Waals surface area contributed by atoms with Gasteiger partial charge in [0.25, 0.3) is 5.91 Å². The van der Waals surface area contributed by atoms with Crippen LogP contribution >= 0.6 is 0 Å². The molecule has 10 nitrogen and oxygen atoms in total. The summed E-state index contributed by atoms with van der Waals surface area (Å²) in [5.41, 5.74) is 3.52. The van der Waals surface area contributed by atoms with Gasteiger partial charge in [0.15, 0.2) is 0 Å². The molecule has 0 radical (unpaired) electrons. The fourth-order valence-electron chi connectivity index (χ4n) is 3.58. The summed E-state index contributed by atoms with van der Waals surface area (Å²) in [6.07, 6.45) is 1.23. The third-order valence-electron chi connectivity index (χ3n) is 5.21. The van der Waals surface area contributed by atoms with E-state index in [1.807, 2.05) is 0 Å². The van der Waals surface area contributed by atoms with Gasteiger partial charge in [-0.25, -0.2) is 5.43 Å². The van der Waals surface area contributed by atoms with E-state index in [-0.39, 0.29) is 24.0 Å². The van der Waals surface area contributed by atoms with Crippen molar-refractivity contribution in [2.24, 2.45) is 5.92 Å². The maximum absolute atomic E-state index is 13.3. The second-order valence-corrected chi connectivity index (χ2v) is 8.19. The molecule has 1 heterocycles. The van der Waals surface area contributed by atoms with Crippen LogP contribution in [0.4, 0.5) is 0 Å². The Morgan fingerprint density at radius 2 is 1.97 bits per heavy atom. The molecular formula is C22H32N4O6. The Hall–Kier alpha value is -3.14. The fraction of sp³-hybridized carbons (Fsp3) is 0.545. The van der Waals surface area contributed by atoms with Gasteiger partial charge in [0, 0.05) is 19.9 Å². The van der Waals surface area contributed by atoms with E-state index < -0.39 is 35.9 Å². The summed E-state index contributed by atoms with van der Waals surface area (Å²) >= 11 is 0. The van der Waals surface area contributed by atoms with Crippen LogP contribution in [-0.2, 0) is 30.3 Å². The maximum Gasteiger partial charge on any atom is 0.324 e. The Labute approximate surface area is 187 Å². The number of nitrogens with one attached hydrogen (secondary N) is 3. The maximum atomic E-state index is 13.3. The summed E-state index contributed by atoms with van der Waals surface area (Å²) in [5.74, 6) is -1.90. The molecule has 1 saturated heterocycles. The molecule has 1 aliphatic rings. The van der Waals surface area contributed by atoms with Crippen molar-refractivity contribution in [3.63, 3.8) is 0 Å². The van der Waals surface area contributed by atoms with Crippen molar-refractivity contribution in [1.82, 2.24) is 21.1 Å². The number of carbonyl (C=O) groups excluding carboxylic acids is 4. The van der Waals surface area contributed by atoms with Crippen molar-refractivity contribution < 1.29 is 29.0 Å². The number of benzene rings is 1. The summed E-state index contributed by atoms with van der Waals surface area (Å²) in [7, 11) is 1.28. The number of ether oxygens (including phenoxy) is 1. The Balaban J connectivity index is 2.25. The lowest BCUT2D eigenvalue weighted by atomic mass is 10.0. The van der Waals surface area contributed by atoms with Crippen LogP contribution in [0.1, 0.15) is 39.2 Å². The average molecular weight is 449 g/mol. The quantitative estimate of drug-likeness (QED) is 0.418. The van der Waals surface area contributed by atoms with Gasteiger partial charge < -0.3 is 20.5 Å². The molecule has 0 saturated carbocycles. The van der Waals surface area contributed by atoms with Crippen LogP contribution in [0.25, 0.3) is 0 Å². The number of methoxy groups -OCH3 is 1. The van der Waals surface area contributed by atoms with E-state index in [1.165, 1.54) is 31.2 Å². The largest absolute Gasteiger partial charge is 0.508 e. The number of hydrogen-bond acceptors (Lipinski definition) is 7. The standard InChI is InChI=1S/C22H32N4O6/c1-13(2)19(23-14(3)27)20(29)24-18(12-15-7-5-8-16(28)11-15)21(30)26-10-6-9-17(25-26)22(31)32-4/h5,7-8,11,13,17-19,25,28H,6,9-10,12H2,1-4H3,(H,23,27)(H,24,29)/t17?,18-,19-/m0/s1. The first-order chi connectivity index (χ1) is 15.1. The number of phenols is 1. The number of carbonyl (C=O) groups is 4. The molecule has 1 fully saturated rings. The molecule has 10 heteroatoms. The predicted molar refractivity (Wildman–Crippen MR) is 116 cm³/mol. The van der Waals surface area contributed by atoms with Gasteiger partial charge in [0.05, 0.1) is 7.11 Å². The highest BCUT2D eigenvalue weighted by atomic mass is 16.5. The van der Waals surface area contributed by atoms with E-state index >= 15 is 0 Å². The number of nitrogens with zero attached hydrogens (tertiary/aromatic N) is 1. The van der Waals surface area contributed by atoms with Crippen LogP contribution < -0.4 is 16.1 Å². The van der Waals surface area contributed by atoms with Gasteiger partial charge in [-0.2, -0.15) is 0 Å². The average Bonchev–Trinajstić information content (AvgIpc) is 2.75. The van der Waals surface area contributed by atoms with E-state index in [1.54, 1.807) is 26.0 Å². The molecule has 0 aromatic heterocycles. The van der Waals surface area contributed by atoms with Gasteiger partial charge in [-0.1, -0.05) is 26.0 Å². The molecule has 3 atom stereocenters. The summed E-state index contributed by atoms with van der Waals surface area (Å²) in [5, 5.41) is 16.5. The first-order valence-electron chi connectivity index (χ1n) is 10.6. The summed E-state index contributed by atoms with van der Waals surface area (Å²) in [6.45, 7) is 5.26. The van der Waals surface area contributed by atoms with Crippen LogP contribution in [0, 0.1) is 5.92 Å². The minimum Gasteiger partial charge on any atom is -0.508 e. The normalized spacial score (nSPS) is 17.9. The number of aromatic hydroxyl groups is 1. The van der Waals surface area contributed by atoms with E-state index in [9.17, 15) is 24.3 Å². The highest BCUT2D eigenvalue weighted by molar-refractivity contribution is 5.92. The Morgan fingerprint density at radius 1 is 1.25 bits per heavy atom. The molecule has 1 unspecified atom stereocenters. The highest BCUT2D eigenvalue weighted by Gasteiger charge is 2.34. The number of phenolic OH excluding ortho intramolecular Hbond substituents is 1. The molecule has 1 aliphatic heterocycles. The molecule has 2 rings (SSSR count). The Morgan fingerprint density at radius 3 is 2.56 bits per heavy atom. The zero-order chi connectivity index (χ0) is 23.8. The molecule has 176 valence electrons. The number of esters is 1. The second kappa shape index (κ2) is 11.5. The molecule has 3 amide bonds. The molecule has 4 N–H and O–H groups in total. The molecule has 1 aromatic carbocycles. The Bertz CT molecular complexity index is 843. The molecule has 0 aliphatic carbocycles. The summed E-state index contributed by atoms with van der Waals surface area (Å²) in [4.78, 5) is 49.8. The van der Waals surface area contributed by atoms with E-state index in [0.717, 1.165) is 0 Å². The lowest BCUT2D eigenvalue weighted by molar-refractivity contribution is -0.151. The SMILES string of the molecule is COC(=O)C1CCCN(C(=O)[C@H](Cc2cccc(O)c2)NC(=O)[C@@H](NC(C)=O)C(C)C)N1. The molecule has 32 heavy (non-hydrogen) atoms. The topological polar surface area (TPSA) is 137 Å². The third-order valence-corrected chi connectivity index (χ3v) is 5.21. The van der Waals surface area contributed by atoms with Crippen LogP contribution in [-0.4, -0.2) is 65.6 Å². The van der Waals surface area contributed by atoms with Crippen LogP contribution in [0.3, 0.4) is 0 Å². The van der Waals surface area contributed by atoms with Crippen molar-refractivity contribution in [2.75, 3.05) is 13.7 Å². The minimum absolute atomic E-state index is 0.0418. The van der Waals surface area contributed by atoms with Gasteiger partial charge in [0.2, 0.25) is 11.8 Å². The highest BCUT2D eigenvalue weighted by Crippen LogP contribution is 2.16. The lowest BCUT2D eigenvalue weighted by Crippen LogP contribution is -2.62. The molecule has 0 bridgehead atoms. The van der Waals surface area contributed by atoms with E-state index in [0.29, 0.717) is 24.9 Å². The Kier molecular flexibility index (Phi) is 9.01. The monoisotopic (exact) mass is 448 g/mol. The second-order valence-electron chi connectivity index (χ2n) is 8.19. The lowest BCUT2D eigenvalue weighted by Gasteiger charge is -2.35. The third kappa shape index (κ3) is 6.94. The van der Waals surface area contributed by atoms with Crippen molar-refractivity contribution >= 4 is 23.7 Å². The number of rotatable bonds is 8. The summed E-state index contributed by atoms with van der Waals surface area (Å²) in [6, 6.07) is 3.96. The van der Waals surface area contributed by atoms with Gasteiger partial charge in [-0.3, -0.25) is 24.2 Å². The zero-order valence-corrected chi connectivity index (χ0v) is 18.9. The number of amides is 3.